The minimum Gasteiger partial charge on any atom is -0.356 e. The number of rotatable bonds is 7. The summed E-state index contributed by atoms with van der Waals surface area (Å²) in [5.41, 5.74) is -0.0280. The zero-order valence-corrected chi connectivity index (χ0v) is 17.5. The van der Waals surface area contributed by atoms with Gasteiger partial charge in [-0.15, -0.1) is 24.0 Å². The van der Waals surface area contributed by atoms with Crippen LogP contribution in [-0.2, 0) is 17.5 Å². The molecule has 0 aliphatic carbocycles. The zero-order valence-electron chi connectivity index (χ0n) is 15.2. The molecule has 0 bridgehead atoms. The predicted molar refractivity (Wildman–Crippen MR) is 108 cm³/mol. The second-order valence-corrected chi connectivity index (χ2v) is 5.78. The number of nitrogens with zero attached hydrogens (tertiary/aromatic N) is 2. The van der Waals surface area contributed by atoms with Crippen LogP contribution in [0.15, 0.2) is 29.3 Å². The summed E-state index contributed by atoms with van der Waals surface area (Å²) in [5, 5.41) is 6.04. The Kier molecular flexibility index (Phi) is 11.3. The Morgan fingerprint density at radius 2 is 1.77 bits per heavy atom. The zero-order chi connectivity index (χ0) is 18.9. The fourth-order valence-electron chi connectivity index (χ4n) is 1.84. The molecule has 0 unspecified atom stereocenters. The first-order chi connectivity index (χ1) is 11.7. The number of alkyl halides is 3. The number of guanidine groups is 1. The lowest BCUT2D eigenvalue weighted by atomic mass is 10.1. The molecule has 1 rings (SSSR count). The number of nitrogens with one attached hydrogen (secondary N) is 2. The monoisotopic (exact) mass is 486 g/mol. The minimum atomic E-state index is -4.34. The maximum Gasteiger partial charge on any atom is 0.416 e. The number of hydrogen-bond donors (Lipinski definition) is 2. The number of hydrogen-bond acceptors (Lipinski definition) is 2. The van der Waals surface area contributed by atoms with Crippen LogP contribution < -0.4 is 10.6 Å². The van der Waals surface area contributed by atoms with E-state index in [1.807, 2.05) is 0 Å². The van der Waals surface area contributed by atoms with Crippen molar-refractivity contribution in [1.29, 1.82) is 0 Å². The summed E-state index contributed by atoms with van der Waals surface area (Å²) in [6.07, 6.45) is -2.39. The molecule has 0 spiro atoms. The largest absolute Gasteiger partial charge is 0.416 e. The lowest BCUT2D eigenvalue weighted by Gasteiger charge is -2.15. The number of carbonyl (C=O) groups is 1. The van der Waals surface area contributed by atoms with Crippen molar-refractivity contribution in [3.63, 3.8) is 0 Å². The van der Waals surface area contributed by atoms with Crippen molar-refractivity contribution in [2.45, 2.75) is 32.5 Å². The van der Waals surface area contributed by atoms with Crippen molar-refractivity contribution in [3.05, 3.63) is 35.4 Å². The van der Waals surface area contributed by atoms with Gasteiger partial charge < -0.3 is 15.5 Å². The van der Waals surface area contributed by atoms with E-state index >= 15 is 0 Å². The molecule has 148 valence electrons. The lowest BCUT2D eigenvalue weighted by molar-refractivity contribution is -0.137. The first-order valence-corrected chi connectivity index (χ1v) is 8.12. The third-order valence-electron chi connectivity index (χ3n) is 3.43. The number of unbranched alkanes of at least 4 members (excludes halogenated alkanes) is 1. The smallest absolute Gasteiger partial charge is 0.356 e. The summed E-state index contributed by atoms with van der Waals surface area (Å²) in [6.45, 7) is 3.07. The average molecular weight is 486 g/mol. The number of halogens is 4. The van der Waals surface area contributed by atoms with Gasteiger partial charge in [-0.05, 0) is 24.1 Å². The Hall–Kier alpha value is -1.52. The molecule has 26 heavy (non-hydrogen) atoms. The molecule has 1 amide bonds. The highest BCUT2D eigenvalue weighted by Crippen LogP contribution is 2.29. The van der Waals surface area contributed by atoms with Gasteiger partial charge in [0.2, 0.25) is 5.91 Å². The predicted octanol–water partition coefficient (Wildman–Crippen LogP) is 3.25. The van der Waals surface area contributed by atoms with Crippen molar-refractivity contribution in [1.82, 2.24) is 15.5 Å². The van der Waals surface area contributed by atoms with E-state index in [1.54, 1.807) is 14.1 Å². The third kappa shape index (κ3) is 9.25. The highest BCUT2D eigenvalue weighted by Gasteiger charge is 2.29. The van der Waals surface area contributed by atoms with E-state index in [0.717, 1.165) is 25.0 Å². The highest BCUT2D eigenvalue weighted by atomic mass is 127. The third-order valence-corrected chi connectivity index (χ3v) is 3.43. The van der Waals surface area contributed by atoms with Crippen LogP contribution in [0.4, 0.5) is 13.2 Å². The van der Waals surface area contributed by atoms with Gasteiger partial charge in [0.05, 0.1) is 18.7 Å². The van der Waals surface area contributed by atoms with Crippen LogP contribution >= 0.6 is 24.0 Å². The van der Waals surface area contributed by atoms with E-state index in [2.05, 4.69) is 22.5 Å². The van der Waals surface area contributed by atoms with Crippen LogP contribution in [0.1, 0.15) is 30.9 Å². The molecule has 0 radical (unpaired) electrons. The van der Waals surface area contributed by atoms with Crippen molar-refractivity contribution in [3.8, 4) is 0 Å². The van der Waals surface area contributed by atoms with Crippen LogP contribution in [0.5, 0.6) is 0 Å². The molecule has 0 atom stereocenters. The lowest BCUT2D eigenvalue weighted by Crippen LogP contribution is -2.43. The molecule has 0 aliphatic rings. The Labute approximate surface area is 169 Å². The molecule has 5 nitrogen and oxygen atoms in total. The van der Waals surface area contributed by atoms with Gasteiger partial charge in [-0.25, -0.2) is 4.99 Å². The Bertz CT molecular complexity index is 574. The summed E-state index contributed by atoms with van der Waals surface area (Å²) >= 11 is 0. The van der Waals surface area contributed by atoms with Crippen LogP contribution in [0.2, 0.25) is 0 Å². The minimum absolute atomic E-state index is 0. The van der Waals surface area contributed by atoms with Crippen LogP contribution in [0.3, 0.4) is 0 Å². The second kappa shape index (κ2) is 12.0. The summed E-state index contributed by atoms with van der Waals surface area (Å²) in [5.74, 6) is 0.364. The first-order valence-electron chi connectivity index (χ1n) is 8.12. The molecule has 0 aromatic heterocycles. The molecule has 9 heteroatoms. The standard InChI is InChI=1S/C17H25F3N4O.HI/c1-4-5-10-21-16(23-12-15(25)24(2)3)22-11-13-6-8-14(9-7-13)17(18,19)20;/h6-9H,4-5,10-12H2,1-3H3,(H2,21,22,23);1H. The Morgan fingerprint density at radius 3 is 2.27 bits per heavy atom. The van der Waals surface area contributed by atoms with Crippen molar-refractivity contribution in [2.75, 3.05) is 27.2 Å². The number of likely N-dealkylation sites (N-methyl/N-ethyl adjacent to an activating group) is 1. The Balaban J connectivity index is 0.00000625. The molecule has 0 fully saturated rings. The molecule has 0 saturated heterocycles. The molecule has 1 aromatic rings. The van der Waals surface area contributed by atoms with E-state index in [4.69, 9.17) is 0 Å². The molecule has 0 heterocycles. The summed E-state index contributed by atoms with van der Waals surface area (Å²) < 4.78 is 37.7. The van der Waals surface area contributed by atoms with E-state index in [9.17, 15) is 18.0 Å². The van der Waals surface area contributed by atoms with Crippen molar-refractivity contribution in [2.24, 2.45) is 4.99 Å². The van der Waals surface area contributed by atoms with Gasteiger partial charge in [-0.2, -0.15) is 13.2 Å². The van der Waals surface area contributed by atoms with Gasteiger partial charge in [-0.1, -0.05) is 25.5 Å². The van der Waals surface area contributed by atoms with Crippen LogP contribution in [-0.4, -0.2) is 44.0 Å². The molecule has 0 saturated carbocycles. The summed E-state index contributed by atoms with van der Waals surface area (Å²) in [6, 6.07) is 4.89. The molecule has 1 aromatic carbocycles. The number of amides is 1. The van der Waals surface area contributed by atoms with E-state index < -0.39 is 11.7 Å². The summed E-state index contributed by atoms with van der Waals surface area (Å²) in [4.78, 5) is 17.5. The van der Waals surface area contributed by atoms with Crippen LogP contribution in [0, 0.1) is 0 Å². The molecular formula is C17H26F3IN4O. The summed E-state index contributed by atoms with van der Waals surface area (Å²) in [7, 11) is 3.32. The van der Waals surface area contributed by atoms with E-state index in [-0.39, 0.29) is 43.0 Å². The SMILES string of the molecule is CCCCNC(=NCc1ccc(C(F)(F)F)cc1)NCC(=O)N(C)C.I. The molecular weight excluding hydrogens is 460 g/mol. The van der Waals surface area contributed by atoms with Crippen molar-refractivity contribution >= 4 is 35.8 Å². The fourth-order valence-corrected chi connectivity index (χ4v) is 1.84. The van der Waals surface area contributed by atoms with Gasteiger partial charge in [0, 0.05) is 20.6 Å². The van der Waals surface area contributed by atoms with E-state index in [0.29, 0.717) is 18.1 Å². The van der Waals surface area contributed by atoms with Gasteiger partial charge in [0.25, 0.3) is 0 Å². The van der Waals surface area contributed by atoms with E-state index in [1.165, 1.54) is 17.0 Å². The number of benzene rings is 1. The topological polar surface area (TPSA) is 56.7 Å². The normalized spacial score (nSPS) is 11.5. The van der Waals surface area contributed by atoms with Crippen LogP contribution in [0.25, 0.3) is 0 Å². The van der Waals surface area contributed by atoms with Gasteiger partial charge >= 0.3 is 6.18 Å². The average Bonchev–Trinajstić information content (AvgIpc) is 2.56. The number of carbonyl (C=O) groups excluding carboxylic acids is 1. The first kappa shape index (κ1) is 24.5. The molecule has 0 aliphatic heterocycles. The highest BCUT2D eigenvalue weighted by molar-refractivity contribution is 14.0. The molecule has 2 N–H and O–H groups in total. The second-order valence-electron chi connectivity index (χ2n) is 5.78. The quantitative estimate of drug-likeness (QED) is 0.270. The maximum atomic E-state index is 12.6. The Morgan fingerprint density at radius 1 is 1.15 bits per heavy atom. The fraction of sp³-hybridized carbons (Fsp3) is 0.529. The van der Waals surface area contributed by atoms with Crippen molar-refractivity contribution < 1.29 is 18.0 Å². The van der Waals surface area contributed by atoms with Gasteiger partial charge in [0.1, 0.15) is 0 Å². The maximum absolute atomic E-state index is 12.6. The van der Waals surface area contributed by atoms with Gasteiger partial charge in [-0.3, -0.25) is 4.79 Å². The number of aliphatic imine (C=N–C) groups is 1. The van der Waals surface area contributed by atoms with Gasteiger partial charge in [0.15, 0.2) is 5.96 Å².